The molecule has 210 valence electrons. The molecule has 0 aliphatic carbocycles. The maximum atomic E-state index is 13.1. The molecule has 0 aliphatic heterocycles. The molecule has 3 aromatic rings. The number of Topliss-reactive ketones (excluding diaryl/α,β-unsaturated/α-hetero) is 2. The first-order chi connectivity index (χ1) is 19.3. The minimum atomic E-state index is -1.09. The summed E-state index contributed by atoms with van der Waals surface area (Å²) in [5, 5.41) is 5.30. The van der Waals surface area contributed by atoms with Gasteiger partial charge in [-0.1, -0.05) is 42.5 Å². The van der Waals surface area contributed by atoms with Crippen molar-refractivity contribution in [2.75, 3.05) is 27.9 Å². The number of ether oxygens (including phenoxy) is 3. The second-order valence-corrected chi connectivity index (χ2v) is 9.02. The highest BCUT2D eigenvalue weighted by Crippen LogP contribution is 2.25. The molecule has 9 heteroatoms. The minimum absolute atomic E-state index is 0.115. The molecule has 3 rings (SSSR count). The van der Waals surface area contributed by atoms with Crippen LogP contribution >= 0.6 is 0 Å². The number of methoxy groups -OCH3 is 3. The second-order valence-electron chi connectivity index (χ2n) is 9.02. The Hall–Kier alpha value is -4.66. The molecule has 0 radical (unpaired) electrons. The van der Waals surface area contributed by atoms with Crippen LogP contribution in [0, 0.1) is 0 Å². The van der Waals surface area contributed by atoms with Gasteiger partial charge in [0.05, 0.1) is 26.9 Å². The lowest BCUT2D eigenvalue weighted by atomic mass is 10.0. The second kappa shape index (κ2) is 15.1. The van der Waals surface area contributed by atoms with Crippen molar-refractivity contribution >= 4 is 23.4 Å². The summed E-state index contributed by atoms with van der Waals surface area (Å²) < 4.78 is 15.6. The maximum Gasteiger partial charge on any atom is 0.289 e. The first-order valence-corrected chi connectivity index (χ1v) is 12.9. The predicted molar refractivity (Wildman–Crippen MR) is 150 cm³/mol. The van der Waals surface area contributed by atoms with Crippen molar-refractivity contribution in [3.8, 4) is 17.2 Å². The van der Waals surface area contributed by atoms with Gasteiger partial charge in [0.1, 0.15) is 23.3 Å². The highest BCUT2D eigenvalue weighted by atomic mass is 16.5. The summed E-state index contributed by atoms with van der Waals surface area (Å²) in [6.07, 6.45) is 0.371. The van der Waals surface area contributed by atoms with E-state index in [1.165, 1.54) is 14.2 Å². The average Bonchev–Trinajstić information content (AvgIpc) is 2.99. The highest BCUT2D eigenvalue weighted by molar-refractivity contribution is 6.38. The zero-order chi connectivity index (χ0) is 28.9. The molecule has 0 saturated carbocycles. The Morgan fingerprint density at radius 1 is 0.750 bits per heavy atom. The number of carbonyl (C=O) groups is 4. The van der Waals surface area contributed by atoms with Gasteiger partial charge in [0.15, 0.2) is 5.78 Å². The monoisotopic (exact) mass is 546 g/mol. The third-order valence-electron chi connectivity index (χ3n) is 6.30. The van der Waals surface area contributed by atoms with E-state index in [0.717, 1.165) is 16.9 Å². The Balaban J connectivity index is 1.61. The third-order valence-corrected chi connectivity index (χ3v) is 6.30. The van der Waals surface area contributed by atoms with Crippen molar-refractivity contribution in [2.24, 2.45) is 0 Å². The molecule has 2 amide bonds. The van der Waals surface area contributed by atoms with Gasteiger partial charge in [0, 0.05) is 25.8 Å². The molecular weight excluding hydrogens is 512 g/mol. The van der Waals surface area contributed by atoms with E-state index in [1.807, 2.05) is 54.6 Å². The summed E-state index contributed by atoms with van der Waals surface area (Å²) >= 11 is 0. The van der Waals surface area contributed by atoms with Crippen LogP contribution in [0.25, 0.3) is 0 Å². The summed E-state index contributed by atoms with van der Waals surface area (Å²) in [6.45, 7) is 0.250. The fourth-order valence-electron chi connectivity index (χ4n) is 4.08. The summed E-state index contributed by atoms with van der Waals surface area (Å²) in [5.74, 6) is -0.787. The topological polar surface area (TPSA) is 120 Å². The van der Waals surface area contributed by atoms with Gasteiger partial charge in [0.2, 0.25) is 11.7 Å². The van der Waals surface area contributed by atoms with Crippen molar-refractivity contribution < 1.29 is 33.4 Å². The number of carbonyl (C=O) groups excluding carboxylic acids is 4. The van der Waals surface area contributed by atoms with E-state index in [0.29, 0.717) is 23.5 Å². The highest BCUT2D eigenvalue weighted by Gasteiger charge is 2.27. The smallest absolute Gasteiger partial charge is 0.289 e. The number of nitrogens with one attached hydrogen (secondary N) is 2. The van der Waals surface area contributed by atoms with E-state index in [2.05, 4.69) is 10.6 Å². The lowest BCUT2D eigenvalue weighted by Gasteiger charge is -2.18. The van der Waals surface area contributed by atoms with E-state index in [4.69, 9.17) is 14.2 Å². The number of amides is 2. The van der Waals surface area contributed by atoms with Crippen molar-refractivity contribution in [3.05, 3.63) is 89.5 Å². The minimum Gasteiger partial charge on any atom is -0.497 e. The van der Waals surface area contributed by atoms with Crippen LogP contribution in [0.1, 0.15) is 34.3 Å². The van der Waals surface area contributed by atoms with Crippen LogP contribution in [0.5, 0.6) is 17.2 Å². The summed E-state index contributed by atoms with van der Waals surface area (Å²) in [6, 6.07) is 20.3. The van der Waals surface area contributed by atoms with E-state index in [-0.39, 0.29) is 31.6 Å². The molecule has 0 aromatic heterocycles. The maximum absolute atomic E-state index is 13.1. The van der Waals surface area contributed by atoms with E-state index < -0.39 is 23.6 Å². The van der Waals surface area contributed by atoms with Crippen LogP contribution in [0.4, 0.5) is 0 Å². The Kier molecular flexibility index (Phi) is 11.3. The average molecular weight is 547 g/mol. The Morgan fingerprint density at radius 3 is 2.08 bits per heavy atom. The Morgan fingerprint density at radius 2 is 1.43 bits per heavy atom. The Labute approximate surface area is 233 Å². The molecule has 0 aliphatic rings. The Bertz CT molecular complexity index is 1310. The van der Waals surface area contributed by atoms with Crippen LogP contribution in [-0.4, -0.2) is 57.3 Å². The van der Waals surface area contributed by atoms with Crippen molar-refractivity contribution in [1.82, 2.24) is 10.6 Å². The number of hydrogen-bond acceptors (Lipinski definition) is 7. The molecule has 3 aromatic carbocycles. The lowest BCUT2D eigenvalue weighted by molar-refractivity contribution is -0.140. The molecule has 9 nitrogen and oxygen atoms in total. The van der Waals surface area contributed by atoms with Gasteiger partial charge in [-0.2, -0.15) is 0 Å². The van der Waals surface area contributed by atoms with Crippen molar-refractivity contribution in [2.45, 2.75) is 31.7 Å². The van der Waals surface area contributed by atoms with Crippen LogP contribution in [0.15, 0.2) is 72.8 Å². The fraction of sp³-hybridized carbons (Fsp3) is 0.290. The summed E-state index contributed by atoms with van der Waals surface area (Å²) in [7, 11) is 4.52. The van der Waals surface area contributed by atoms with Gasteiger partial charge in [0.25, 0.3) is 5.91 Å². The van der Waals surface area contributed by atoms with Gasteiger partial charge >= 0.3 is 0 Å². The standard InChI is InChI=1S/C31H34N2O7/c1-38-23-11-9-21(10-12-23)17-18-32-31(37)30(36)26(19-22-7-5-4-6-8-22)33-29(35)16-14-27(34)25-20-24(39-2)13-15-28(25)40-3/h4-13,15,20,26H,14,16-19H2,1-3H3,(H,32,37)(H,33,35)/t26-/m0/s1. The van der Waals surface area contributed by atoms with Crippen LogP contribution in [0.2, 0.25) is 0 Å². The van der Waals surface area contributed by atoms with Gasteiger partial charge in [-0.15, -0.1) is 0 Å². The normalized spacial score (nSPS) is 11.2. The van der Waals surface area contributed by atoms with E-state index in [9.17, 15) is 19.2 Å². The number of benzene rings is 3. The first-order valence-electron chi connectivity index (χ1n) is 12.9. The largest absolute Gasteiger partial charge is 0.497 e. The first kappa shape index (κ1) is 29.9. The summed E-state index contributed by atoms with van der Waals surface area (Å²) in [4.78, 5) is 51.5. The lowest BCUT2D eigenvalue weighted by Crippen LogP contribution is -2.49. The van der Waals surface area contributed by atoms with Gasteiger partial charge < -0.3 is 24.8 Å². The van der Waals surface area contributed by atoms with E-state index in [1.54, 1.807) is 25.3 Å². The molecule has 1 atom stereocenters. The van der Waals surface area contributed by atoms with E-state index >= 15 is 0 Å². The molecule has 0 spiro atoms. The molecule has 0 bridgehead atoms. The molecule has 40 heavy (non-hydrogen) atoms. The molecule has 2 N–H and O–H groups in total. The van der Waals surface area contributed by atoms with Gasteiger partial charge in [-0.25, -0.2) is 0 Å². The zero-order valence-electron chi connectivity index (χ0n) is 22.9. The van der Waals surface area contributed by atoms with Crippen LogP contribution in [0.3, 0.4) is 0 Å². The number of hydrogen-bond donors (Lipinski definition) is 2. The molecular formula is C31H34N2O7. The van der Waals surface area contributed by atoms with Crippen LogP contribution < -0.4 is 24.8 Å². The molecule has 0 fully saturated rings. The SMILES string of the molecule is COc1ccc(CCNC(=O)C(=O)[C@H](Cc2ccccc2)NC(=O)CCC(=O)c2cc(OC)ccc2OC)cc1. The number of ketones is 2. The quantitative estimate of drug-likeness (QED) is 0.222. The predicted octanol–water partition coefficient (Wildman–Crippen LogP) is 3.33. The van der Waals surface area contributed by atoms with Gasteiger partial charge in [-0.05, 0) is 47.9 Å². The van der Waals surface area contributed by atoms with Gasteiger partial charge in [-0.3, -0.25) is 19.2 Å². The van der Waals surface area contributed by atoms with Crippen molar-refractivity contribution in [3.63, 3.8) is 0 Å². The molecule has 0 saturated heterocycles. The van der Waals surface area contributed by atoms with Crippen molar-refractivity contribution in [1.29, 1.82) is 0 Å². The third kappa shape index (κ3) is 8.69. The fourth-order valence-corrected chi connectivity index (χ4v) is 4.08. The zero-order valence-corrected chi connectivity index (χ0v) is 22.9. The molecule has 0 heterocycles. The molecule has 0 unspecified atom stereocenters. The summed E-state index contributed by atoms with van der Waals surface area (Å²) in [5.41, 5.74) is 2.05. The number of rotatable bonds is 15. The van der Waals surface area contributed by atoms with Crippen LogP contribution in [-0.2, 0) is 27.2 Å².